The number of hydrogen-bond donors (Lipinski definition) is 4. The number of rotatable bonds is 4. The average Bonchev–Trinajstić information content (AvgIpc) is 2.41. The molecule has 1 aromatic heterocycles. The SMILES string of the molecule is CC(C)(C)CC(C)(C)NC(=O)O.CC(C)(C)CC(C)(C)NC(=O)O.[NH2-].[Pt].c1ccncc1. The molecule has 0 aliphatic heterocycles. The van der Waals surface area contributed by atoms with E-state index in [0.29, 0.717) is 0 Å². The van der Waals surface area contributed by atoms with Crippen molar-refractivity contribution in [3.8, 4) is 0 Å². The van der Waals surface area contributed by atoms with E-state index >= 15 is 0 Å². The predicted octanol–water partition coefficient (Wildman–Crippen LogP) is 6.73. The van der Waals surface area contributed by atoms with Crippen LogP contribution >= 0.6 is 0 Å². The minimum Gasteiger partial charge on any atom is -0.693 e. The maximum Gasteiger partial charge on any atom is 0.405 e. The van der Waals surface area contributed by atoms with Crippen LogP contribution in [0.4, 0.5) is 9.59 Å². The van der Waals surface area contributed by atoms with Crippen LogP contribution in [0.5, 0.6) is 0 Å². The van der Waals surface area contributed by atoms with Crippen LogP contribution in [0, 0.1) is 10.8 Å². The molecule has 0 atom stereocenters. The molecular formula is C23H45N4O4Pt-. The molecule has 0 radical (unpaired) electrons. The maximum absolute atomic E-state index is 10.4. The third kappa shape index (κ3) is 30.5. The van der Waals surface area contributed by atoms with E-state index in [1.54, 1.807) is 12.4 Å². The van der Waals surface area contributed by atoms with Gasteiger partial charge in [-0.3, -0.25) is 4.98 Å². The van der Waals surface area contributed by atoms with Gasteiger partial charge in [-0.2, -0.15) is 0 Å². The summed E-state index contributed by atoms with van der Waals surface area (Å²) in [6, 6.07) is 5.72. The summed E-state index contributed by atoms with van der Waals surface area (Å²) in [5.41, 5.74) is -0.397. The minimum atomic E-state index is -0.954. The summed E-state index contributed by atoms with van der Waals surface area (Å²) < 4.78 is 0. The zero-order valence-electron chi connectivity index (χ0n) is 21.4. The van der Waals surface area contributed by atoms with Gasteiger partial charge in [-0.15, -0.1) is 0 Å². The smallest absolute Gasteiger partial charge is 0.405 e. The van der Waals surface area contributed by atoms with E-state index in [4.69, 9.17) is 10.2 Å². The quantitative estimate of drug-likeness (QED) is 0.290. The minimum absolute atomic E-state index is 0. The second-order valence-electron chi connectivity index (χ2n) is 11.1. The average molecular weight is 637 g/mol. The monoisotopic (exact) mass is 636 g/mol. The summed E-state index contributed by atoms with van der Waals surface area (Å²) in [6.45, 7) is 20.2. The fourth-order valence-electron chi connectivity index (χ4n) is 3.63. The standard InChI is InChI=1S/2C9H19NO2.C5H5N.H2N.Pt/c2*1-8(2,3)6-9(4,5)10-7(11)12;1-2-4-6-5-3-1;;/h2*10H,6H2,1-5H3,(H,11,12);1-5H;1H2;/q;;;-1;. The van der Waals surface area contributed by atoms with Gasteiger partial charge in [-0.1, -0.05) is 47.6 Å². The van der Waals surface area contributed by atoms with Gasteiger partial charge >= 0.3 is 12.2 Å². The van der Waals surface area contributed by atoms with Crippen LogP contribution in [-0.4, -0.2) is 38.5 Å². The van der Waals surface area contributed by atoms with E-state index in [9.17, 15) is 9.59 Å². The number of pyridine rings is 1. The molecule has 1 heterocycles. The predicted molar refractivity (Wildman–Crippen MR) is 128 cm³/mol. The number of nitrogens with zero attached hydrogens (tertiary/aromatic N) is 1. The van der Waals surface area contributed by atoms with Crippen LogP contribution in [0.25, 0.3) is 6.15 Å². The first-order chi connectivity index (χ1) is 13.2. The first-order valence-electron chi connectivity index (χ1n) is 10.1. The Balaban J connectivity index is -0.000000186. The molecule has 9 heteroatoms. The Kier molecular flexibility index (Phi) is 18.9. The van der Waals surface area contributed by atoms with Gasteiger partial charge in [0.1, 0.15) is 0 Å². The van der Waals surface area contributed by atoms with Gasteiger partial charge in [0.15, 0.2) is 0 Å². The molecule has 0 saturated heterocycles. The zero-order valence-corrected chi connectivity index (χ0v) is 23.6. The summed E-state index contributed by atoms with van der Waals surface area (Å²) >= 11 is 0. The van der Waals surface area contributed by atoms with Crippen LogP contribution in [0.1, 0.15) is 82.1 Å². The van der Waals surface area contributed by atoms with E-state index < -0.39 is 12.2 Å². The fourth-order valence-corrected chi connectivity index (χ4v) is 3.63. The molecule has 2 amide bonds. The van der Waals surface area contributed by atoms with Gasteiger partial charge in [0, 0.05) is 44.5 Å². The Bertz CT molecular complexity index is 558. The van der Waals surface area contributed by atoms with Crippen LogP contribution < -0.4 is 10.6 Å². The first kappa shape index (κ1) is 37.6. The Hall–Kier alpha value is -1.66. The second kappa shape index (κ2) is 16.0. The fraction of sp³-hybridized carbons (Fsp3) is 0.696. The molecule has 0 saturated carbocycles. The molecule has 0 bridgehead atoms. The molecule has 192 valence electrons. The molecule has 1 rings (SSSR count). The number of carbonyl (C=O) groups is 2. The molecule has 0 aliphatic carbocycles. The van der Waals surface area contributed by atoms with Gasteiger partial charge in [0.2, 0.25) is 0 Å². The molecule has 6 N–H and O–H groups in total. The molecule has 0 aliphatic rings. The number of hydrogen-bond acceptors (Lipinski definition) is 3. The molecule has 32 heavy (non-hydrogen) atoms. The topological polar surface area (TPSA) is 145 Å². The van der Waals surface area contributed by atoms with Crippen molar-refractivity contribution in [2.45, 2.75) is 93.2 Å². The number of nitrogens with one attached hydrogen (secondary N) is 2. The molecule has 0 unspecified atom stereocenters. The summed E-state index contributed by atoms with van der Waals surface area (Å²) in [5, 5.41) is 22.1. The van der Waals surface area contributed by atoms with Crippen molar-refractivity contribution in [1.29, 1.82) is 0 Å². The van der Waals surface area contributed by atoms with E-state index in [1.165, 1.54) is 0 Å². The van der Waals surface area contributed by atoms with Gasteiger partial charge < -0.3 is 27.0 Å². The maximum atomic E-state index is 10.4. The zero-order chi connectivity index (χ0) is 24.2. The van der Waals surface area contributed by atoms with Crippen LogP contribution in [0.3, 0.4) is 0 Å². The van der Waals surface area contributed by atoms with Crippen LogP contribution in [-0.2, 0) is 21.1 Å². The van der Waals surface area contributed by atoms with E-state index in [1.807, 2.05) is 45.9 Å². The molecule has 0 spiro atoms. The third-order valence-electron chi connectivity index (χ3n) is 3.40. The third-order valence-corrected chi connectivity index (χ3v) is 3.40. The van der Waals surface area contributed by atoms with Gasteiger partial charge in [0.25, 0.3) is 0 Å². The number of aromatic nitrogens is 1. The van der Waals surface area contributed by atoms with Crippen LogP contribution in [0.2, 0.25) is 0 Å². The molecular weight excluding hydrogens is 591 g/mol. The Morgan fingerprint density at radius 1 is 0.688 bits per heavy atom. The Labute approximate surface area is 209 Å². The van der Waals surface area contributed by atoms with Crippen molar-refractivity contribution in [3.05, 3.63) is 36.7 Å². The normalized spacial score (nSPS) is 11.1. The van der Waals surface area contributed by atoms with Crippen molar-refractivity contribution >= 4 is 12.2 Å². The number of carboxylic acid groups (broad SMARTS) is 2. The largest absolute Gasteiger partial charge is 0.693 e. The van der Waals surface area contributed by atoms with Crippen molar-refractivity contribution in [2.24, 2.45) is 10.8 Å². The molecule has 0 aromatic carbocycles. The van der Waals surface area contributed by atoms with E-state index in [-0.39, 0.29) is 49.1 Å². The second-order valence-corrected chi connectivity index (χ2v) is 11.1. The molecule has 1 aromatic rings. The van der Waals surface area contributed by atoms with Crippen molar-refractivity contribution in [3.63, 3.8) is 0 Å². The first-order valence-corrected chi connectivity index (χ1v) is 10.1. The summed E-state index contributed by atoms with van der Waals surface area (Å²) in [5.74, 6) is 0. The molecule has 8 nitrogen and oxygen atoms in total. The summed E-state index contributed by atoms with van der Waals surface area (Å²) in [6.07, 6.45) is 3.24. The van der Waals surface area contributed by atoms with Gasteiger partial charge in [-0.05, 0) is 63.5 Å². The Morgan fingerprint density at radius 3 is 1.09 bits per heavy atom. The Morgan fingerprint density at radius 2 is 0.969 bits per heavy atom. The van der Waals surface area contributed by atoms with Crippen LogP contribution in [0.15, 0.2) is 30.6 Å². The van der Waals surface area contributed by atoms with E-state index in [0.717, 1.165) is 12.8 Å². The van der Waals surface area contributed by atoms with E-state index in [2.05, 4.69) is 57.2 Å². The molecule has 0 fully saturated rings. The van der Waals surface area contributed by atoms with Gasteiger partial charge in [-0.25, -0.2) is 9.59 Å². The summed E-state index contributed by atoms with van der Waals surface area (Å²) in [7, 11) is 0. The number of amides is 2. The van der Waals surface area contributed by atoms with Crippen molar-refractivity contribution in [1.82, 2.24) is 15.6 Å². The summed E-state index contributed by atoms with van der Waals surface area (Å²) in [4.78, 5) is 24.6. The van der Waals surface area contributed by atoms with Gasteiger partial charge in [0.05, 0.1) is 0 Å². The van der Waals surface area contributed by atoms with Crippen molar-refractivity contribution in [2.75, 3.05) is 0 Å². The number of nitrogens with two attached hydrogens (primary N) is 1. The van der Waals surface area contributed by atoms with Crippen molar-refractivity contribution < 1.29 is 40.9 Å².